The number of hydrogen-bond donors (Lipinski definition) is 3. The summed E-state index contributed by atoms with van der Waals surface area (Å²) in [6.45, 7) is 2.65. The van der Waals surface area contributed by atoms with Crippen molar-refractivity contribution in [3.8, 4) is 0 Å². The predicted octanol–water partition coefficient (Wildman–Crippen LogP) is -0.478. The fourth-order valence-corrected chi connectivity index (χ4v) is 0.998. The normalized spacial score (nSPS) is 13.7. The van der Waals surface area contributed by atoms with Crippen molar-refractivity contribution in [2.75, 3.05) is 20.3 Å². The van der Waals surface area contributed by atoms with Crippen LogP contribution in [0.2, 0.25) is 0 Å². The van der Waals surface area contributed by atoms with E-state index in [1.54, 1.807) is 14.0 Å². The monoisotopic (exact) mass is 203 g/mol. The molecular formula is C8H17N3O3. The van der Waals surface area contributed by atoms with Crippen LogP contribution in [-0.2, 0) is 9.53 Å². The highest BCUT2D eigenvalue weighted by molar-refractivity contribution is 6.01. The molecule has 0 bridgehead atoms. The van der Waals surface area contributed by atoms with Crippen molar-refractivity contribution in [1.82, 2.24) is 5.32 Å². The largest absolute Gasteiger partial charge is 0.409 e. The summed E-state index contributed by atoms with van der Waals surface area (Å²) in [6.07, 6.45) is 0.495. The van der Waals surface area contributed by atoms with Crippen LogP contribution in [0.15, 0.2) is 5.16 Å². The Morgan fingerprint density at radius 2 is 2.36 bits per heavy atom. The first-order valence-electron chi connectivity index (χ1n) is 4.41. The minimum atomic E-state index is -0.572. The van der Waals surface area contributed by atoms with Crippen LogP contribution in [-0.4, -0.2) is 37.2 Å². The van der Waals surface area contributed by atoms with E-state index in [1.165, 1.54) is 0 Å². The number of nitrogens with two attached hydrogens (primary N) is 1. The molecule has 0 aliphatic carbocycles. The Morgan fingerprint density at radius 3 is 2.79 bits per heavy atom. The Balaban J connectivity index is 4.05. The minimum Gasteiger partial charge on any atom is -0.409 e. The second-order valence-electron chi connectivity index (χ2n) is 2.77. The first-order chi connectivity index (χ1) is 6.67. The molecule has 0 fully saturated rings. The van der Waals surface area contributed by atoms with E-state index in [4.69, 9.17) is 15.7 Å². The number of methoxy groups -OCH3 is 1. The summed E-state index contributed by atoms with van der Waals surface area (Å²) in [5.41, 5.74) is 5.34. The molecule has 0 spiro atoms. The molecule has 0 saturated carbocycles. The number of carbonyl (C=O) groups is 1. The molecule has 6 nitrogen and oxygen atoms in total. The lowest BCUT2D eigenvalue weighted by molar-refractivity contribution is -0.123. The Kier molecular flexibility index (Phi) is 6.47. The Hall–Kier alpha value is -1.30. The molecule has 0 aromatic rings. The fourth-order valence-electron chi connectivity index (χ4n) is 0.998. The number of amidine groups is 1. The van der Waals surface area contributed by atoms with Gasteiger partial charge in [-0.15, -0.1) is 0 Å². The van der Waals surface area contributed by atoms with Gasteiger partial charge in [-0.2, -0.15) is 0 Å². The first kappa shape index (κ1) is 12.7. The van der Waals surface area contributed by atoms with Crippen molar-refractivity contribution in [3.63, 3.8) is 0 Å². The molecule has 0 aromatic carbocycles. The average molecular weight is 203 g/mol. The minimum absolute atomic E-state index is 0.0672. The highest BCUT2D eigenvalue weighted by atomic mass is 16.5. The van der Waals surface area contributed by atoms with Gasteiger partial charge in [0.25, 0.3) is 0 Å². The number of amides is 1. The first-order valence-corrected chi connectivity index (χ1v) is 4.41. The number of rotatable bonds is 6. The van der Waals surface area contributed by atoms with Crippen molar-refractivity contribution >= 4 is 11.7 Å². The van der Waals surface area contributed by atoms with Crippen molar-refractivity contribution in [2.24, 2.45) is 16.8 Å². The third kappa shape index (κ3) is 4.08. The van der Waals surface area contributed by atoms with Crippen molar-refractivity contribution < 1.29 is 14.7 Å². The summed E-state index contributed by atoms with van der Waals surface area (Å²) in [5, 5.41) is 13.8. The van der Waals surface area contributed by atoms with Crippen molar-refractivity contribution in [1.29, 1.82) is 0 Å². The zero-order valence-corrected chi connectivity index (χ0v) is 8.49. The number of hydrogen-bond acceptors (Lipinski definition) is 4. The molecule has 0 aromatic heterocycles. The maximum Gasteiger partial charge on any atom is 0.230 e. The summed E-state index contributed by atoms with van der Waals surface area (Å²) in [5.74, 6) is -0.890. The third-order valence-corrected chi connectivity index (χ3v) is 1.80. The van der Waals surface area contributed by atoms with Crippen LogP contribution >= 0.6 is 0 Å². The lowest BCUT2D eigenvalue weighted by Gasteiger charge is -2.12. The van der Waals surface area contributed by atoms with Crippen LogP contribution in [0.4, 0.5) is 0 Å². The van der Waals surface area contributed by atoms with Gasteiger partial charge in [-0.1, -0.05) is 12.1 Å². The number of ether oxygens (including phenoxy) is 1. The zero-order chi connectivity index (χ0) is 11.0. The average Bonchev–Trinajstić information content (AvgIpc) is 2.19. The van der Waals surface area contributed by atoms with E-state index in [9.17, 15) is 4.79 Å². The highest BCUT2D eigenvalue weighted by Gasteiger charge is 2.20. The summed E-state index contributed by atoms with van der Waals surface area (Å²) in [6, 6.07) is 0. The van der Waals surface area contributed by atoms with Crippen LogP contribution in [0.5, 0.6) is 0 Å². The number of carbonyl (C=O) groups excluding carboxylic acids is 1. The quantitative estimate of drug-likeness (QED) is 0.178. The molecule has 0 radical (unpaired) electrons. The van der Waals surface area contributed by atoms with E-state index in [2.05, 4.69) is 10.5 Å². The molecule has 1 atom stereocenters. The maximum atomic E-state index is 11.4. The van der Waals surface area contributed by atoms with Gasteiger partial charge in [-0.25, -0.2) is 0 Å². The molecule has 4 N–H and O–H groups in total. The number of oxime groups is 1. The summed E-state index contributed by atoms with van der Waals surface area (Å²) >= 11 is 0. The summed E-state index contributed by atoms with van der Waals surface area (Å²) in [4.78, 5) is 11.4. The second kappa shape index (κ2) is 7.14. The lowest BCUT2D eigenvalue weighted by Crippen LogP contribution is -2.39. The molecule has 1 amide bonds. The van der Waals surface area contributed by atoms with Gasteiger partial charge in [0.2, 0.25) is 5.91 Å². The highest BCUT2D eigenvalue weighted by Crippen LogP contribution is 2.02. The smallest absolute Gasteiger partial charge is 0.230 e. The molecule has 0 saturated heterocycles. The van der Waals surface area contributed by atoms with Crippen LogP contribution < -0.4 is 11.1 Å². The lowest BCUT2D eigenvalue weighted by atomic mass is 10.1. The van der Waals surface area contributed by atoms with Gasteiger partial charge >= 0.3 is 0 Å². The Labute approximate surface area is 83.1 Å². The number of nitrogens with zero attached hydrogens (tertiary/aromatic N) is 1. The van der Waals surface area contributed by atoms with Gasteiger partial charge in [-0.05, 0) is 6.42 Å². The fraction of sp³-hybridized carbons (Fsp3) is 0.750. The molecule has 0 aliphatic heterocycles. The second-order valence-corrected chi connectivity index (χ2v) is 2.77. The molecule has 14 heavy (non-hydrogen) atoms. The van der Waals surface area contributed by atoms with E-state index < -0.39 is 5.92 Å². The van der Waals surface area contributed by atoms with Gasteiger partial charge in [0.1, 0.15) is 0 Å². The van der Waals surface area contributed by atoms with E-state index in [-0.39, 0.29) is 11.7 Å². The van der Waals surface area contributed by atoms with Gasteiger partial charge < -0.3 is 21.0 Å². The van der Waals surface area contributed by atoms with Crippen LogP contribution in [0, 0.1) is 5.92 Å². The van der Waals surface area contributed by atoms with E-state index in [0.717, 1.165) is 0 Å². The molecule has 82 valence electrons. The van der Waals surface area contributed by atoms with Crippen LogP contribution in [0.1, 0.15) is 13.3 Å². The molecule has 0 aliphatic rings. The van der Waals surface area contributed by atoms with E-state index >= 15 is 0 Å². The van der Waals surface area contributed by atoms with Crippen molar-refractivity contribution in [2.45, 2.75) is 13.3 Å². The third-order valence-electron chi connectivity index (χ3n) is 1.80. The standard InChI is InChI=1S/C8H17N3O3/c1-3-6(7(9)11-13)8(12)10-4-5-14-2/h6,13H,3-5H2,1-2H3,(H2,9,11)(H,10,12). The van der Waals surface area contributed by atoms with Gasteiger partial charge in [0.15, 0.2) is 5.84 Å². The molecule has 0 rings (SSSR count). The number of nitrogens with one attached hydrogen (secondary N) is 1. The summed E-state index contributed by atoms with van der Waals surface area (Å²) < 4.78 is 4.77. The van der Waals surface area contributed by atoms with E-state index in [1.807, 2.05) is 0 Å². The van der Waals surface area contributed by atoms with Gasteiger partial charge in [-0.3, -0.25) is 4.79 Å². The maximum absolute atomic E-state index is 11.4. The SMILES string of the molecule is CCC(C(=O)NCCOC)C(N)=NO. The zero-order valence-electron chi connectivity index (χ0n) is 8.49. The Bertz CT molecular complexity index is 206. The molecule has 0 heterocycles. The van der Waals surface area contributed by atoms with Crippen LogP contribution in [0.3, 0.4) is 0 Å². The molecule has 1 unspecified atom stereocenters. The topological polar surface area (TPSA) is 96.9 Å². The van der Waals surface area contributed by atoms with Crippen LogP contribution in [0.25, 0.3) is 0 Å². The molecule has 6 heteroatoms. The van der Waals surface area contributed by atoms with Gasteiger partial charge in [0.05, 0.1) is 12.5 Å². The van der Waals surface area contributed by atoms with E-state index in [0.29, 0.717) is 19.6 Å². The van der Waals surface area contributed by atoms with Crippen molar-refractivity contribution in [3.05, 3.63) is 0 Å². The molecular weight excluding hydrogens is 186 g/mol. The Morgan fingerprint density at radius 1 is 1.71 bits per heavy atom. The van der Waals surface area contributed by atoms with Gasteiger partial charge in [0, 0.05) is 13.7 Å². The predicted molar refractivity (Wildman–Crippen MR) is 52.1 cm³/mol. The summed E-state index contributed by atoms with van der Waals surface area (Å²) in [7, 11) is 1.55.